The Morgan fingerprint density at radius 3 is 2.68 bits per heavy atom. The van der Waals surface area contributed by atoms with Gasteiger partial charge in [0.05, 0.1) is 18.5 Å². The first-order valence-electron chi connectivity index (χ1n) is 7.58. The van der Waals surface area contributed by atoms with Crippen molar-refractivity contribution in [3.63, 3.8) is 0 Å². The second-order valence-corrected chi connectivity index (χ2v) is 7.01. The third-order valence-corrected chi connectivity index (χ3v) is 5.26. The lowest BCUT2D eigenvalue weighted by atomic mass is 10.2. The molecule has 3 rings (SSSR count). The normalized spacial score (nSPS) is 10.8. The summed E-state index contributed by atoms with van der Waals surface area (Å²) in [6.07, 6.45) is 0. The number of nitrogens with zero attached hydrogens (tertiary/aromatic N) is 1. The Labute approximate surface area is 154 Å². The zero-order chi connectivity index (χ0) is 18.1. The Morgan fingerprint density at radius 2 is 2.04 bits per heavy atom. The van der Waals surface area contributed by atoms with Crippen LogP contribution in [0.5, 0.6) is 5.75 Å². The van der Waals surface area contributed by atoms with Crippen LogP contribution in [0.15, 0.2) is 28.7 Å². The summed E-state index contributed by atoms with van der Waals surface area (Å²) in [5.41, 5.74) is 2.07. The first-order valence-corrected chi connectivity index (χ1v) is 8.78. The standard InChI is InChI=1S/C18H17ClN2O3S/c1-9-7-13(15(23-4)8-12(9)19)21-17(22)16-11(3)20-18(25-16)14-6-5-10(2)24-14/h5-8H,1-4H3,(H,21,22). The third kappa shape index (κ3) is 3.55. The van der Waals surface area contributed by atoms with Gasteiger partial charge < -0.3 is 14.5 Å². The third-order valence-electron chi connectivity index (χ3n) is 3.68. The van der Waals surface area contributed by atoms with Crippen molar-refractivity contribution >= 4 is 34.5 Å². The predicted molar refractivity (Wildman–Crippen MR) is 100.0 cm³/mol. The average Bonchev–Trinajstić information content (AvgIpc) is 3.16. The van der Waals surface area contributed by atoms with Gasteiger partial charge in [-0.15, -0.1) is 11.3 Å². The molecular weight excluding hydrogens is 360 g/mol. The molecule has 0 aliphatic carbocycles. The Balaban J connectivity index is 1.90. The molecule has 7 heteroatoms. The van der Waals surface area contributed by atoms with Gasteiger partial charge in [-0.25, -0.2) is 4.98 Å². The summed E-state index contributed by atoms with van der Waals surface area (Å²) in [5, 5.41) is 4.13. The number of rotatable bonds is 4. The maximum atomic E-state index is 12.7. The van der Waals surface area contributed by atoms with E-state index in [1.54, 1.807) is 19.1 Å². The lowest BCUT2D eigenvalue weighted by molar-refractivity contribution is 0.102. The van der Waals surface area contributed by atoms with Gasteiger partial charge >= 0.3 is 0 Å². The van der Waals surface area contributed by atoms with Crippen LogP contribution in [0.3, 0.4) is 0 Å². The molecular formula is C18H17ClN2O3S. The van der Waals surface area contributed by atoms with Gasteiger partial charge in [-0.3, -0.25) is 4.79 Å². The fraction of sp³-hybridized carbons (Fsp3) is 0.222. The highest BCUT2D eigenvalue weighted by Gasteiger charge is 2.19. The fourth-order valence-electron chi connectivity index (χ4n) is 2.37. The maximum absolute atomic E-state index is 12.7. The van der Waals surface area contributed by atoms with Crippen LogP contribution in [0.4, 0.5) is 5.69 Å². The van der Waals surface area contributed by atoms with Crippen LogP contribution in [-0.2, 0) is 0 Å². The number of halogens is 1. The second kappa shape index (κ2) is 6.90. The minimum absolute atomic E-state index is 0.246. The van der Waals surface area contributed by atoms with Crippen molar-refractivity contribution in [1.82, 2.24) is 4.98 Å². The van der Waals surface area contributed by atoms with Crippen LogP contribution >= 0.6 is 22.9 Å². The summed E-state index contributed by atoms with van der Waals surface area (Å²) in [5.74, 6) is 1.72. The number of thiazole rings is 1. The number of benzene rings is 1. The van der Waals surface area contributed by atoms with Gasteiger partial charge in [-0.1, -0.05) is 11.6 Å². The highest BCUT2D eigenvalue weighted by atomic mass is 35.5. The molecule has 3 aromatic rings. The number of furan rings is 1. The van der Waals surface area contributed by atoms with Gasteiger partial charge in [0, 0.05) is 11.1 Å². The van der Waals surface area contributed by atoms with Crippen LogP contribution in [0.2, 0.25) is 5.02 Å². The van der Waals surface area contributed by atoms with Crippen LogP contribution in [-0.4, -0.2) is 18.0 Å². The molecule has 0 aliphatic rings. The summed E-state index contributed by atoms with van der Waals surface area (Å²) in [6, 6.07) is 7.18. The molecule has 0 saturated heterocycles. The number of anilines is 1. The van der Waals surface area contributed by atoms with E-state index in [4.69, 9.17) is 20.8 Å². The molecule has 0 unspecified atom stereocenters. The van der Waals surface area contributed by atoms with Crippen LogP contribution < -0.4 is 10.1 Å². The Hall–Kier alpha value is -2.31. The van der Waals surface area contributed by atoms with Gasteiger partial charge in [0.1, 0.15) is 16.4 Å². The summed E-state index contributed by atoms with van der Waals surface area (Å²) in [7, 11) is 1.53. The molecule has 130 valence electrons. The van der Waals surface area contributed by atoms with Crippen molar-refractivity contribution in [3.05, 3.63) is 51.2 Å². The molecule has 1 aromatic carbocycles. The summed E-state index contributed by atoms with van der Waals surface area (Å²) in [6.45, 7) is 5.54. The fourth-order valence-corrected chi connectivity index (χ4v) is 3.45. The number of hydrogen-bond acceptors (Lipinski definition) is 5. The zero-order valence-corrected chi connectivity index (χ0v) is 15.8. The molecule has 0 saturated carbocycles. The molecule has 0 aliphatic heterocycles. The monoisotopic (exact) mass is 376 g/mol. The number of methoxy groups -OCH3 is 1. The van der Waals surface area contributed by atoms with Crippen LogP contribution in [0.1, 0.15) is 26.7 Å². The predicted octanol–water partition coefficient (Wildman–Crippen LogP) is 5.24. The van der Waals surface area contributed by atoms with Gasteiger partial charge in [0.25, 0.3) is 5.91 Å². The van der Waals surface area contributed by atoms with E-state index in [1.807, 2.05) is 26.0 Å². The van der Waals surface area contributed by atoms with Gasteiger partial charge in [-0.2, -0.15) is 0 Å². The lowest BCUT2D eigenvalue weighted by Crippen LogP contribution is -2.12. The van der Waals surface area contributed by atoms with Crippen LogP contribution in [0.25, 0.3) is 10.8 Å². The average molecular weight is 377 g/mol. The van der Waals surface area contributed by atoms with Crippen LogP contribution in [0, 0.1) is 20.8 Å². The number of carbonyl (C=O) groups excluding carboxylic acids is 1. The number of amides is 1. The maximum Gasteiger partial charge on any atom is 0.267 e. The van der Waals surface area contributed by atoms with Crippen molar-refractivity contribution in [2.45, 2.75) is 20.8 Å². The summed E-state index contributed by atoms with van der Waals surface area (Å²) in [4.78, 5) is 17.7. The van der Waals surface area contributed by atoms with E-state index in [1.165, 1.54) is 18.4 Å². The lowest BCUT2D eigenvalue weighted by Gasteiger charge is -2.11. The molecule has 0 bridgehead atoms. The highest BCUT2D eigenvalue weighted by Crippen LogP contribution is 2.33. The topological polar surface area (TPSA) is 64.4 Å². The first-order chi connectivity index (χ1) is 11.9. The van der Waals surface area contributed by atoms with Crippen molar-refractivity contribution < 1.29 is 13.9 Å². The van der Waals surface area contributed by atoms with Gasteiger partial charge in [-0.05, 0) is 44.5 Å². The first kappa shape index (κ1) is 17.5. The smallest absolute Gasteiger partial charge is 0.267 e. The van der Waals surface area contributed by atoms with E-state index in [2.05, 4.69) is 10.3 Å². The number of aromatic nitrogens is 1. The van der Waals surface area contributed by atoms with E-state index < -0.39 is 0 Å². The SMILES string of the molecule is COc1cc(Cl)c(C)cc1NC(=O)c1sc(-c2ccc(C)o2)nc1C. The highest BCUT2D eigenvalue weighted by molar-refractivity contribution is 7.17. The Bertz CT molecular complexity index is 946. The second-order valence-electron chi connectivity index (χ2n) is 5.60. The van der Waals surface area contributed by atoms with E-state index in [-0.39, 0.29) is 5.91 Å². The van der Waals surface area contributed by atoms with Crippen molar-refractivity contribution in [2.24, 2.45) is 0 Å². The van der Waals surface area contributed by atoms with E-state index in [0.29, 0.717) is 37.8 Å². The van der Waals surface area contributed by atoms with E-state index in [9.17, 15) is 4.79 Å². The Morgan fingerprint density at radius 1 is 1.28 bits per heavy atom. The van der Waals surface area contributed by atoms with Crippen molar-refractivity contribution in [1.29, 1.82) is 0 Å². The number of aryl methyl sites for hydroxylation is 3. The number of hydrogen-bond donors (Lipinski definition) is 1. The number of carbonyl (C=O) groups is 1. The molecule has 0 radical (unpaired) electrons. The molecule has 5 nitrogen and oxygen atoms in total. The van der Waals surface area contributed by atoms with E-state index >= 15 is 0 Å². The van der Waals surface area contributed by atoms with Crippen molar-refractivity contribution in [3.8, 4) is 16.5 Å². The quantitative estimate of drug-likeness (QED) is 0.676. The molecule has 1 N–H and O–H groups in total. The largest absolute Gasteiger partial charge is 0.495 e. The van der Waals surface area contributed by atoms with Gasteiger partial charge in [0.2, 0.25) is 0 Å². The van der Waals surface area contributed by atoms with Gasteiger partial charge in [0.15, 0.2) is 10.8 Å². The molecule has 0 atom stereocenters. The molecule has 2 aromatic heterocycles. The Kier molecular flexibility index (Phi) is 4.83. The zero-order valence-electron chi connectivity index (χ0n) is 14.3. The number of nitrogens with one attached hydrogen (secondary N) is 1. The minimum Gasteiger partial charge on any atom is -0.495 e. The molecule has 25 heavy (non-hydrogen) atoms. The van der Waals surface area contributed by atoms with Crippen molar-refractivity contribution in [2.75, 3.05) is 12.4 Å². The van der Waals surface area contributed by atoms with E-state index in [0.717, 1.165) is 11.3 Å². The summed E-state index contributed by atoms with van der Waals surface area (Å²) >= 11 is 7.40. The number of ether oxygens (including phenoxy) is 1. The summed E-state index contributed by atoms with van der Waals surface area (Å²) < 4.78 is 10.9. The molecule has 1 amide bonds. The molecule has 0 fully saturated rings. The molecule has 2 heterocycles. The minimum atomic E-state index is -0.246. The molecule has 0 spiro atoms.